The van der Waals surface area contributed by atoms with E-state index in [0.717, 1.165) is 5.56 Å². The molecule has 1 fully saturated rings. The fraction of sp³-hybridized carbons (Fsp3) is 0.300. The third-order valence-corrected chi connectivity index (χ3v) is 5.85. The number of nitrogens with zero attached hydrogens (tertiary/aromatic N) is 2. The Bertz CT molecular complexity index is 959. The van der Waals surface area contributed by atoms with Gasteiger partial charge in [-0.1, -0.05) is 30.3 Å². The lowest BCUT2D eigenvalue weighted by atomic mass is 10.0. The molecule has 1 saturated heterocycles. The van der Waals surface area contributed by atoms with Crippen LogP contribution in [-0.4, -0.2) is 55.7 Å². The van der Waals surface area contributed by atoms with Crippen molar-refractivity contribution in [3.8, 4) is 0 Å². The first-order valence-corrected chi connectivity index (χ1v) is 10.5. The zero-order chi connectivity index (χ0) is 20.3. The summed E-state index contributed by atoms with van der Waals surface area (Å²) < 4.78 is 22.8. The molecule has 0 aliphatic carbocycles. The minimum atomic E-state index is -3.80. The first kappa shape index (κ1) is 20.0. The Morgan fingerprint density at radius 3 is 2.25 bits per heavy atom. The summed E-state index contributed by atoms with van der Waals surface area (Å²) in [5.41, 5.74) is 1.49. The molecule has 2 N–H and O–H groups in total. The Balaban J connectivity index is 1.77. The van der Waals surface area contributed by atoms with E-state index >= 15 is 0 Å². The van der Waals surface area contributed by atoms with Crippen LogP contribution in [-0.2, 0) is 21.2 Å². The van der Waals surface area contributed by atoms with E-state index < -0.39 is 10.0 Å². The Kier molecular flexibility index (Phi) is 5.81. The fourth-order valence-corrected chi connectivity index (χ4v) is 4.00. The van der Waals surface area contributed by atoms with E-state index in [4.69, 9.17) is 5.14 Å². The van der Waals surface area contributed by atoms with Gasteiger partial charge in [-0.3, -0.25) is 9.59 Å². The molecule has 148 valence electrons. The average molecular weight is 401 g/mol. The zero-order valence-corrected chi connectivity index (χ0v) is 16.4. The molecule has 1 aliphatic heterocycles. The number of hydrogen-bond donors (Lipinski definition) is 1. The fourth-order valence-electron chi connectivity index (χ4n) is 3.48. The molecule has 7 nitrogen and oxygen atoms in total. The van der Waals surface area contributed by atoms with Crippen LogP contribution < -0.4 is 5.14 Å². The molecule has 1 atom stereocenters. The number of sulfonamides is 1. The molecule has 0 unspecified atom stereocenters. The highest BCUT2D eigenvalue weighted by molar-refractivity contribution is 7.89. The van der Waals surface area contributed by atoms with Gasteiger partial charge in [0, 0.05) is 32.1 Å². The van der Waals surface area contributed by atoms with E-state index in [0.29, 0.717) is 31.6 Å². The van der Waals surface area contributed by atoms with Crippen LogP contribution in [0.5, 0.6) is 0 Å². The van der Waals surface area contributed by atoms with Gasteiger partial charge in [-0.15, -0.1) is 0 Å². The highest BCUT2D eigenvalue weighted by Gasteiger charge is 2.31. The van der Waals surface area contributed by atoms with Crippen molar-refractivity contribution in [1.29, 1.82) is 0 Å². The molecule has 0 bridgehead atoms. The molecule has 0 radical (unpaired) electrons. The molecule has 2 aromatic rings. The maximum Gasteiger partial charge on any atom is 0.253 e. The number of primary sulfonamides is 1. The second kappa shape index (κ2) is 8.12. The summed E-state index contributed by atoms with van der Waals surface area (Å²) in [7, 11) is -3.80. The maximum absolute atomic E-state index is 12.9. The molecule has 2 amide bonds. The monoisotopic (exact) mass is 401 g/mol. The highest BCUT2D eigenvalue weighted by atomic mass is 32.2. The lowest BCUT2D eigenvalue weighted by Crippen LogP contribution is -2.56. The SMILES string of the molecule is CC(=O)N1CCN(C(=O)c2ccc(S(N)(=O)=O)cc2)C[C@H]1Cc1ccccc1. The lowest BCUT2D eigenvalue weighted by Gasteiger charge is -2.41. The minimum absolute atomic E-state index is 0.00876. The number of carbonyl (C=O) groups excluding carboxylic acids is 2. The molecule has 0 spiro atoms. The van der Waals surface area contributed by atoms with Gasteiger partial charge in [0.2, 0.25) is 15.9 Å². The van der Waals surface area contributed by atoms with Gasteiger partial charge in [0.25, 0.3) is 5.91 Å². The largest absolute Gasteiger partial charge is 0.336 e. The van der Waals surface area contributed by atoms with E-state index in [1.807, 2.05) is 30.3 Å². The topological polar surface area (TPSA) is 101 Å². The Labute approximate surface area is 164 Å². The van der Waals surface area contributed by atoms with E-state index in [-0.39, 0.29) is 22.8 Å². The second-order valence-corrected chi connectivity index (χ2v) is 8.44. The lowest BCUT2D eigenvalue weighted by molar-refractivity contribution is -0.133. The van der Waals surface area contributed by atoms with E-state index in [2.05, 4.69) is 0 Å². The number of nitrogens with two attached hydrogens (primary N) is 1. The van der Waals surface area contributed by atoms with E-state index in [9.17, 15) is 18.0 Å². The van der Waals surface area contributed by atoms with Crippen molar-refractivity contribution in [1.82, 2.24) is 9.80 Å². The summed E-state index contributed by atoms with van der Waals surface area (Å²) in [5, 5.41) is 5.10. The third kappa shape index (κ3) is 4.58. The van der Waals surface area contributed by atoms with E-state index in [1.54, 1.807) is 16.7 Å². The summed E-state index contributed by atoms with van der Waals surface area (Å²) in [5.74, 6) is -0.201. The Morgan fingerprint density at radius 1 is 1.04 bits per heavy atom. The van der Waals surface area contributed by atoms with Crippen LogP contribution in [0.4, 0.5) is 0 Å². The van der Waals surface area contributed by atoms with Crippen LogP contribution >= 0.6 is 0 Å². The predicted octanol–water partition coefficient (Wildman–Crippen LogP) is 1.25. The molecular weight excluding hydrogens is 378 g/mol. The second-order valence-electron chi connectivity index (χ2n) is 6.88. The molecular formula is C20H23N3O4S. The van der Waals surface area contributed by atoms with Gasteiger partial charge in [0.1, 0.15) is 0 Å². The summed E-state index contributed by atoms with van der Waals surface area (Å²) in [6.45, 7) is 2.86. The van der Waals surface area contributed by atoms with Crippen molar-refractivity contribution in [2.24, 2.45) is 5.14 Å². The van der Waals surface area contributed by atoms with Crippen molar-refractivity contribution < 1.29 is 18.0 Å². The summed E-state index contributed by atoms with van der Waals surface area (Å²) in [4.78, 5) is 28.4. The molecule has 3 rings (SSSR count). The smallest absolute Gasteiger partial charge is 0.253 e. The minimum Gasteiger partial charge on any atom is -0.336 e. The number of rotatable bonds is 4. The summed E-state index contributed by atoms with van der Waals surface area (Å²) >= 11 is 0. The van der Waals surface area contributed by atoms with Gasteiger partial charge in [-0.25, -0.2) is 13.6 Å². The zero-order valence-electron chi connectivity index (χ0n) is 15.6. The van der Waals surface area contributed by atoms with Gasteiger partial charge >= 0.3 is 0 Å². The highest BCUT2D eigenvalue weighted by Crippen LogP contribution is 2.18. The van der Waals surface area contributed by atoms with Gasteiger partial charge in [-0.05, 0) is 36.2 Å². The van der Waals surface area contributed by atoms with Crippen molar-refractivity contribution in [2.45, 2.75) is 24.3 Å². The van der Waals surface area contributed by atoms with Crippen molar-refractivity contribution in [3.05, 3.63) is 65.7 Å². The maximum atomic E-state index is 12.9. The van der Waals surface area contributed by atoms with Gasteiger partial charge in [0.05, 0.1) is 10.9 Å². The number of benzene rings is 2. The van der Waals surface area contributed by atoms with Gasteiger partial charge in [-0.2, -0.15) is 0 Å². The van der Waals surface area contributed by atoms with Gasteiger partial charge in [0.15, 0.2) is 0 Å². The predicted molar refractivity (Wildman–Crippen MR) is 105 cm³/mol. The van der Waals surface area contributed by atoms with Crippen LogP contribution in [0.25, 0.3) is 0 Å². The molecule has 0 aromatic heterocycles. The molecule has 28 heavy (non-hydrogen) atoms. The first-order valence-electron chi connectivity index (χ1n) is 8.99. The van der Waals surface area contributed by atoms with Crippen molar-refractivity contribution >= 4 is 21.8 Å². The van der Waals surface area contributed by atoms with Crippen LogP contribution in [0.15, 0.2) is 59.5 Å². The van der Waals surface area contributed by atoms with Crippen LogP contribution in [0.3, 0.4) is 0 Å². The molecule has 1 heterocycles. The summed E-state index contributed by atoms with van der Waals surface area (Å²) in [6, 6.07) is 15.3. The number of hydrogen-bond acceptors (Lipinski definition) is 4. The number of carbonyl (C=O) groups is 2. The quantitative estimate of drug-likeness (QED) is 0.833. The normalized spacial score (nSPS) is 17.4. The number of amides is 2. The molecule has 0 saturated carbocycles. The van der Waals surface area contributed by atoms with Crippen LogP contribution in [0, 0.1) is 0 Å². The van der Waals surface area contributed by atoms with E-state index in [1.165, 1.54) is 24.3 Å². The van der Waals surface area contributed by atoms with Crippen LogP contribution in [0.1, 0.15) is 22.8 Å². The Hall–Kier alpha value is -2.71. The first-order chi connectivity index (χ1) is 13.3. The summed E-state index contributed by atoms with van der Waals surface area (Å²) in [6.07, 6.45) is 0.661. The van der Waals surface area contributed by atoms with Crippen molar-refractivity contribution in [2.75, 3.05) is 19.6 Å². The average Bonchev–Trinajstić information content (AvgIpc) is 2.67. The molecule has 2 aromatic carbocycles. The van der Waals surface area contributed by atoms with Crippen molar-refractivity contribution in [3.63, 3.8) is 0 Å². The number of piperazine rings is 1. The molecule has 8 heteroatoms. The molecule has 1 aliphatic rings. The van der Waals surface area contributed by atoms with Gasteiger partial charge < -0.3 is 9.80 Å². The standard InChI is InChI=1S/C20H23N3O4S/c1-15(24)23-12-11-22(14-18(23)13-16-5-3-2-4-6-16)20(25)17-7-9-19(10-8-17)28(21,26)27/h2-10,18H,11-14H2,1H3,(H2,21,26,27)/t18-/m1/s1. The third-order valence-electron chi connectivity index (χ3n) is 4.92. The van der Waals surface area contributed by atoms with Crippen LogP contribution in [0.2, 0.25) is 0 Å². The Morgan fingerprint density at radius 2 is 1.68 bits per heavy atom.